The van der Waals surface area contributed by atoms with Gasteiger partial charge in [-0.05, 0) is 46.6 Å². The van der Waals surface area contributed by atoms with E-state index in [0.717, 1.165) is 43.6 Å². The lowest BCUT2D eigenvalue weighted by Crippen LogP contribution is -2.48. The summed E-state index contributed by atoms with van der Waals surface area (Å²) in [6, 6.07) is 1.34. The van der Waals surface area contributed by atoms with Crippen LogP contribution in [0.15, 0.2) is 6.07 Å². The average molecular weight is 391 g/mol. The van der Waals surface area contributed by atoms with Gasteiger partial charge < -0.3 is 20.1 Å². The summed E-state index contributed by atoms with van der Waals surface area (Å²) in [5, 5.41) is 5.60. The van der Waals surface area contributed by atoms with Gasteiger partial charge in [0.25, 0.3) is 5.91 Å². The fourth-order valence-electron chi connectivity index (χ4n) is 3.90. The van der Waals surface area contributed by atoms with Gasteiger partial charge in [0.2, 0.25) is 11.8 Å². The molecule has 1 fully saturated rings. The van der Waals surface area contributed by atoms with Crippen LogP contribution in [0, 0.1) is 19.8 Å². The summed E-state index contributed by atoms with van der Waals surface area (Å²) >= 11 is 0. The zero-order valence-corrected chi connectivity index (χ0v) is 17.8. The van der Waals surface area contributed by atoms with Crippen LogP contribution in [0.4, 0.5) is 0 Å². The quantitative estimate of drug-likeness (QED) is 0.712. The van der Waals surface area contributed by atoms with Gasteiger partial charge in [0.1, 0.15) is 6.04 Å². The number of aryl methyl sites for hydroxylation is 1. The maximum absolute atomic E-state index is 12.7. The second-order valence-electron chi connectivity index (χ2n) is 7.76. The minimum absolute atomic E-state index is 0.0290. The number of nitrogens with one attached hydrogen (secondary N) is 2. The molecule has 1 unspecified atom stereocenters. The second kappa shape index (κ2) is 9.75. The Labute approximate surface area is 167 Å². The highest BCUT2D eigenvalue weighted by atomic mass is 16.2. The summed E-state index contributed by atoms with van der Waals surface area (Å²) in [7, 11) is 1.73. The summed E-state index contributed by atoms with van der Waals surface area (Å²) in [6.07, 6.45) is 3.98. The van der Waals surface area contributed by atoms with Gasteiger partial charge in [0.15, 0.2) is 0 Å². The maximum atomic E-state index is 12.7. The van der Waals surface area contributed by atoms with Crippen molar-refractivity contribution in [3.05, 3.63) is 23.0 Å². The van der Waals surface area contributed by atoms with Crippen LogP contribution < -0.4 is 10.6 Å². The number of hydrogen-bond donors (Lipinski definition) is 2. The van der Waals surface area contributed by atoms with Gasteiger partial charge in [-0.15, -0.1) is 0 Å². The Bertz CT molecular complexity index is 719. The monoisotopic (exact) mass is 390 g/mol. The number of rotatable bonds is 8. The van der Waals surface area contributed by atoms with Crippen molar-refractivity contribution in [2.45, 2.75) is 66.0 Å². The van der Waals surface area contributed by atoms with E-state index in [9.17, 15) is 14.4 Å². The topological polar surface area (TPSA) is 83.4 Å². The Balaban J connectivity index is 1.79. The first-order valence-corrected chi connectivity index (χ1v) is 10.3. The Hall–Kier alpha value is -2.31. The molecule has 1 saturated carbocycles. The molecule has 1 aromatic heterocycles. The van der Waals surface area contributed by atoms with E-state index in [-0.39, 0.29) is 23.6 Å². The van der Waals surface area contributed by atoms with Crippen molar-refractivity contribution in [1.29, 1.82) is 0 Å². The van der Waals surface area contributed by atoms with E-state index in [4.69, 9.17) is 0 Å². The molecule has 2 N–H and O–H groups in total. The number of aromatic nitrogens is 1. The molecule has 0 saturated heterocycles. The molecule has 3 amide bonds. The Morgan fingerprint density at radius 2 is 1.89 bits per heavy atom. The van der Waals surface area contributed by atoms with Crippen LogP contribution in [-0.2, 0) is 16.1 Å². The molecule has 1 atom stereocenters. The van der Waals surface area contributed by atoms with Gasteiger partial charge in [-0.1, -0.05) is 12.8 Å². The third-order valence-corrected chi connectivity index (χ3v) is 5.69. The van der Waals surface area contributed by atoms with Crippen molar-refractivity contribution < 1.29 is 14.4 Å². The summed E-state index contributed by atoms with van der Waals surface area (Å²) in [5.74, 6) is -0.263. The number of hydrogen-bond acceptors (Lipinski definition) is 3. The zero-order chi connectivity index (χ0) is 20.8. The molecule has 7 nitrogen and oxygen atoms in total. The van der Waals surface area contributed by atoms with Gasteiger partial charge in [0, 0.05) is 44.0 Å². The molecule has 1 aliphatic rings. The van der Waals surface area contributed by atoms with Crippen molar-refractivity contribution in [2.75, 3.05) is 20.1 Å². The van der Waals surface area contributed by atoms with E-state index >= 15 is 0 Å². The van der Waals surface area contributed by atoms with Gasteiger partial charge in [0.05, 0.1) is 5.56 Å². The summed E-state index contributed by atoms with van der Waals surface area (Å²) in [5.41, 5.74) is 2.73. The third-order valence-electron chi connectivity index (χ3n) is 5.69. The Morgan fingerprint density at radius 1 is 1.25 bits per heavy atom. The lowest BCUT2D eigenvalue weighted by Gasteiger charge is -2.20. The third kappa shape index (κ3) is 5.14. The SMILES string of the molecule is CCn1c(C)cc(C(=O)N(C)CCNC(=O)C(C)NC(=O)C2CCCC2)c1C. The normalized spacial score (nSPS) is 15.3. The first-order valence-electron chi connectivity index (χ1n) is 10.3. The lowest BCUT2D eigenvalue weighted by molar-refractivity contribution is -0.130. The maximum Gasteiger partial charge on any atom is 0.255 e. The van der Waals surface area contributed by atoms with Gasteiger partial charge in [-0.3, -0.25) is 14.4 Å². The van der Waals surface area contributed by atoms with Crippen LogP contribution in [0.5, 0.6) is 0 Å². The van der Waals surface area contributed by atoms with E-state index in [1.165, 1.54) is 0 Å². The fraction of sp³-hybridized carbons (Fsp3) is 0.667. The van der Waals surface area contributed by atoms with E-state index in [1.807, 2.05) is 19.9 Å². The minimum atomic E-state index is -0.572. The van der Waals surface area contributed by atoms with Crippen LogP contribution in [-0.4, -0.2) is 53.4 Å². The number of carbonyl (C=O) groups excluding carboxylic acids is 3. The molecule has 2 rings (SSSR count). The predicted molar refractivity (Wildman–Crippen MR) is 109 cm³/mol. The summed E-state index contributed by atoms with van der Waals surface area (Å²) in [4.78, 5) is 38.7. The number of likely N-dealkylation sites (N-methyl/N-ethyl adjacent to an activating group) is 1. The molecular weight excluding hydrogens is 356 g/mol. The zero-order valence-electron chi connectivity index (χ0n) is 17.8. The fourth-order valence-corrected chi connectivity index (χ4v) is 3.90. The van der Waals surface area contributed by atoms with Crippen LogP contribution >= 0.6 is 0 Å². The van der Waals surface area contributed by atoms with Crippen molar-refractivity contribution in [3.8, 4) is 0 Å². The Kier molecular flexibility index (Phi) is 7.66. The van der Waals surface area contributed by atoms with Crippen LogP contribution in [0.25, 0.3) is 0 Å². The molecule has 0 aliphatic heterocycles. The summed E-state index contributed by atoms with van der Waals surface area (Å²) < 4.78 is 2.11. The first kappa shape index (κ1) is 22.0. The van der Waals surface area contributed by atoms with Crippen molar-refractivity contribution in [2.24, 2.45) is 5.92 Å². The second-order valence-corrected chi connectivity index (χ2v) is 7.76. The molecule has 0 spiro atoms. The lowest BCUT2D eigenvalue weighted by atomic mass is 10.1. The highest BCUT2D eigenvalue weighted by molar-refractivity contribution is 5.95. The van der Waals surface area contributed by atoms with Crippen LogP contribution in [0.2, 0.25) is 0 Å². The van der Waals surface area contributed by atoms with Gasteiger partial charge in [-0.2, -0.15) is 0 Å². The van der Waals surface area contributed by atoms with Crippen LogP contribution in [0.1, 0.15) is 61.3 Å². The predicted octanol–water partition coefficient (Wildman–Crippen LogP) is 2.01. The molecule has 0 radical (unpaired) electrons. The number of carbonyl (C=O) groups is 3. The standard InChI is InChI=1S/C21H34N4O3/c1-6-25-14(2)13-18(16(25)4)21(28)24(5)12-11-22-19(26)15(3)23-20(27)17-9-7-8-10-17/h13,15,17H,6-12H2,1-5H3,(H,22,26)(H,23,27). The van der Waals surface area contributed by atoms with Gasteiger partial charge in [-0.25, -0.2) is 0 Å². The molecule has 1 heterocycles. The molecule has 1 aliphatic carbocycles. The molecule has 0 aromatic carbocycles. The van der Waals surface area contributed by atoms with E-state index in [0.29, 0.717) is 18.7 Å². The highest BCUT2D eigenvalue weighted by Gasteiger charge is 2.25. The smallest absolute Gasteiger partial charge is 0.255 e. The van der Waals surface area contributed by atoms with E-state index in [1.54, 1.807) is 18.9 Å². The minimum Gasteiger partial charge on any atom is -0.353 e. The first-order chi connectivity index (χ1) is 13.3. The van der Waals surface area contributed by atoms with Crippen molar-refractivity contribution in [1.82, 2.24) is 20.1 Å². The average Bonchev–Trinajstić information content (AvgIpc) is 3.29. The number of amides is 3. The molecule has 28 heavy (non-hydrogen) atoms. The summed E-state index contributed by atoms with van der Waals surface area (Å²) in [6.45, 7) is 9.27. The van der Waals surface area contributed by atoms with Crippen LogP contribution in [0.3, 0.4) is 0 Å². The Morgan fingerprint density at radius 3 is 2.46 bits per heavy atom. The van der Waals surface area contributed by atoms with E-state index < -0.39 is 6.04 Å². The largest absolute Gasteiger partial charge is 0.353 e. The van der Waals surface area contributed by atoms with E-state index in [2.05, 4.69) is 22.1 Å². The molecule has 156 valence electrons. The highest BCUT2D eigenvalue weighted by Crippen LogP contribution is 2.24. The number of nitrogens with zero attached hydrogens (tertiary/aromatic N) is 2. The molecule has 1 aromatic rings. The molecule has 7 heteroatoms. The van der Waals surface area contributed by atoms with Gasteiger partial charge >= 0.3 is 0 Å². The van der Waals surface area contributed by atoms with Crippen molar-refractivity contribution >= 4 is 17.7 Å². The molecular formula is C21H34N4O3. The van der Waals surface area contributed by atoms with Crippen molar-refractivity contribution in [3.63, 3.8) is 0 Å². The molecule has 0 bridgehead atoms.